The highest BCUT2D eigenvalue weighted by Gasteiger charge is 2.14. The molecule has 1 amide bonds. The average molecular weight is 363 g/mol. The number of aryl methyl sites for hydroxylation is 2. The molecule has 26 heavy (non-hydrogen) atoms. The van der Waals surface area contributed by atoms with Gasteiger partial charge < -0.3 is 5.32 Å². The molecule has 132 valence electrons. The molecule has 0 radical (unpaired) electrons. The molecule has 0 unspecified atom stereocenters. The number of pyridine rings is 2. The summed E-state index contributed by atoms with van der Waals surface area (Å²) >= 11 is 1.53. The zero-order valence-electron chi connectivity index (χ0n) is 14.9. The van der Waals surface area contributed by atoms with Gasteiger partial charge in [0.1, 0.15) is 5.03 Å². The first-order valence-electron chi connectivity index (χ1n) is 8.51. The quantitative estimate of drug-likeness (QED) is 0.712. The summed E-state index contributed by atoms with van der Waals surface area (Å²) in [4.78, 5) is 22.3. The molecule has 3 aromatic rings. The fourth-order valence-electron chi connectivity index (χ4n) is 2.53. The van der Waals surface area contributed by atoms with E-state index in [1.165, 1.54) is 22.9 Å². The SMILES string of the molecule is Cc1ccc(C)c(Sc2ncccc2C(=O)NCCc2cccnc2)c1. The summed E-state index contributed by atoms with van der Waals surface area (Å²) in [5.74, 6) is -0.102. The predicted molar refractivity (Wildman–Crippen MR) is 105 cm³/mol. The molecular formula is C21H21N3OS. The van der Waals surface area contributed by atoms with E-state index in [0.717, 1.165) is 21.9 Å². The van der Waals surface area contributed by atoms with E-state index in [1.807, 2.05) is 24.4 Å². The van der Waals surface area contributed by atoms with Gasteiger partial charge in [-0.15, -0.1) is 0 Å². The second kappa shape index (κ2) is 8.63. The Bertz CT molecular complexity index is 897. The molecule has 1 N–H and O–H groups in total. The van der Waals surface area contributed by atoms with Crippen LogP contribution in [0.5, 0.6) is 0 Å². The highest BCUT2D eigenvalue weighted by atomic mass is 32.2. The van der Waals surface area contributed by atoms with E-state index >= 15 is 0 Å². The molecule has 2 aromatic heterocycles. The van der Waals surface area contributed by atoms with Gasteiger partial charge in [-0.1, -0.05) is 30.0 Å². The smallest absolute Gasteiger partial charge is 0.254 e. The van der Waals surface area contributed by atoms with Crippen LogP contribution in [-0.4, -0.2) is 22.4 Å². The third-order valence-corrected chi connectivity index (χ3v) is 5.17. The molecule has 0 aliphatic rings. The van der Waals surface area contributed by atoms with Crippen molar-refractivity contribution < 1.29 is 4.79 Å². The topological polar surface area (TPSA) is 54.9 Å². The van der Waals surface area contributed by atoms with Crippen LogP contribution >= 0.6 is 11.8 Å². The number of nitrogens with zero attached hydrogens (tertiary/aromatic N) is 2. The first kappa shape index (κ1) is 18.1. The van der Waals surface area contributed by atoms with Crippen LogP contribution in [0.15, 0.2) is 71.0 Å². The summed E-state index contributed by atoms with van der Waals surface area (Å²) in [5.41, 5.74) is 4.07. The van der Waals surface area contributed by atoms with Crippen molar-refractivity contribution in [1.29, 1.82) is 0 Å². The van der Waals surface area contributed by atoms with Gasteiger partial charge in [-0.05, 0) is 61.2 Å². The summed E-state index contributed by atoms with van der Waals surface area (Å²) in [6.07, 6.45) is 6.03. The first-order valence-corrected chi connectivity index (χ1v) is 9.32. The zero-order chi connectivity index (χ0) is 18.4. The third-order valence-electron chi connectivity index (χ3n) is 3.99. The second-order valence-corrected chi connectivity index (χ2v) is 7.12. The van der Waals surface area contributed by atoms with Gasteiger partial charge in [0.2, 0.25) is 0 Å². The highest BCUT2D eigenvalue weighted by molar-refractivity contribution is 7.99. The van der Waals surface area contributed by atoms with Crippen LogP contribution in [0.25, 0.3) is 0 Å². The van der Waals surface area contributed by atoms with Crippen molar-refractivity contribution in [3.8, 4) is 0 Å². The molecule has 2 heterocycles. The molecule has 0 atom stereocenters. The Morgan fingerprint density at radius 2 is 1.96 bits per heavy atom. The summed E-state index contributed by atoms with van der Waals surface area (Å²) in [6, 6.07) is 13.8. The Labute approximate surface area is 158 Å². The largest absolute Gasteiger partial charge is 0.352 e. The van der Waals surface area contributed by atoms with Crippen molar-refractivity contribution in [2.75, 3.05) is 6.54 Å². The number of carbonyl (C=O) groups excluding carboxylic acids is 1. The summed E-state index contributed by atoms with van der Waals surface area (Å²) < 4.78 is 0. The Balaban J connectivity index is 1.70. The average Bonchev–Trinajstić information content (AvgIpc) is 2.66. The summed E-state index contributed by atoms with van der Waals surface area (Å²) in [7, 11) is 0. The van der Waals surface area contributed by atoms with E-state index in [1.54, 1.807) is 18.5 Å². The van der Waals surface area contributed by atoms with Gasteiger partial charge in [-0.3, -0.25) is 9.78 Å². The zero-order valence-corrected chi connectivity index (χ0v) is 15.7. The van der Waals surface area contributed by atoms with Crippen molar-refractivity contribution in [2.24, 2.45) is 0 Å². The normalized spacial score (nSPS) is 10.5. The molecule has 0 spiro atoms. The van der Waals surface area contributed by atoms with Crippen LogP contribution in [0.1, 0.15) is 27.0 Å². The second-order valence-electron chi connectivity index (χ2n) is 6.09. The molecule has 5 heteroatoms. The van der Waals surface area contributed by atoms with E-state index in [0.29, 0.717) is 12.1 Å². The lowest BCUT2D eigenvalue weighted by Crippen LogP contribution is -2.26. The molecule has 4 nitrogen and oxygen atoms in total. The van der Waals surface area contributed by atoms with Crippen LogP contribution in [0.3, 0.4) is 0 Å². The van der Waals surface area contributed by atoms with Crippen LogP contribution in [0.2, 0.25) is 0 Å². The van der Waals surface area contributed by atoms with Gasteiger partial charge in [0.25, 0.3) is 5.91 Å². The van der Waals surface area contributed by atoms with Crippen LogP contribution in [0.4, 0.5) is 0 Å². The lowest BCUT2D eigenvalue weighted by Gasteiger charge is -2.11. The fraction of sp³-hybridized carbons (Fsp3) is 0.190. The van der Waals surface area contributed by atoms with Gasteiger partial charge in [0.15, 0.2) is 0 Å². The van der Waals surface area contributed by atoms with Gasteiger partial charge >= 0.3 is 0 Å². The number of benzene rings is 1. The first-order chi connectivity index (χ1) is 12.6. The standard InChI is InChI=1S/C21H21N3OS/c1-15-7-8-16(2)19(13-15)26-21-18(6-4-11-24-21)20(25)23-12-9-17-5-3-10-22-14-17/h3-8,10-11,13-14H,9,12H2,1-2H3,(H,23,25). The number of hydrogen-bond acceptors (Lipinski definition) is 4. The molecule has 0 saturated carbocycles. The van der Waals surface area contributed by atoms with Crippen molar-refractivity contribution in [3.05, 3.63) is 83.3 Å². The van der Waals surface area contributed by atoms with Gasteiger partial charge in [-0.25, -0.2) is 4.98 Å². The molecular weight excluding hydrogens is 342 g/mol. The number of hydrogen-bond donors (Lipinski definition) is 1. The van der Waals surface area contributed by atoms with Gasteiger partial charge in [0.05, 0.1) is 5.56 Å². The number of amides is 1. The van der Waals surface area contributed by atoms with E-state index in [-0.39, 0.29) is 5.91 Å². The van der Waals surface area contributed by atoms with E-state index < -0.39 is 0 Å². The summed E-state index contributed by atoms with van der Waals surface area (Å²) in [5, 5.41) is 3.70. The third kappa shape index (κ3) is 4.70. The fourth-order valence-corrected chi connectivity index (χ4v) is 3.59. The Kier molecular flexibility index (Phi) is 6.02. The maximum atomic E-state index is 12.6. The molecule has 0 bridgehead atoms. The van der Waals surface area contributed by atoms with Crippen LogP contribution < -0.4 is 5.32 Å². The maximum absolute atomic E-state index is 12.6. The van der Waals surface area contributed by atoms with Crippen LogP contribution in [-0.2, 0) is 6.42 Å². The van der Waals surface area contributed by atoms with E-state index in [4.69, 9.17) is 0 Å². The van der Waals surface area contributed by atoms with Crippen molar-refractivity contribution in [2.45, 2.75) is 30.2 Å². The molecule has 0 aliphatic heterocycles. The molecule has 0 saturated heterocycles. The lowest BCUT2D eigenvalue weighted by atomic mass is 10.2. The lowest BCUT2D eigenvalue weighted by molar-refractivity contribution is 0.0950. The monoisotopic (exact) mass is 363 g/mol. The minimum Gasteiger partial charge on any atom is -0.352 e. The van der Waals surface area contributed by atoms with Crippen molar-refractivity contribution in [3.63, 3.8) is 0 Å². The number of rotatable bonds is 6. The summed E-state index contributed by atoms with van der Waals surface area (Å²) in [6.45, 7) is 4.69. The van der Waals surface area contributed by atoms with Gasteiger partial charge in [0, 0.05) is 30.0 Å². The molecule has 0 aliphatic carbocycles. The number of nitrogens with one attached hydrogen (secondary N) is 1. The number of aromatic nitrogens is 2. The molecule has 1 aromatic carbocycles. The van der Waals surface area contributed by atoms with Gasteiger partial charge in [-0.2, -0.15) is 0 Å². The Hall–Kier alpha value is -2.66. The number of carbonyl (C=O) groups is 1. The highest BCUT2D eigenvalue weighted by Crippen LogP contribution is 2.31. The predicted octanol–water partition coefficient (Wildman–Crippen LogP) is 4.22. The Morgan fingerprint density at radius 1 is 1.12 bits per heavy atom. The Morgan fingerprint density at radius 3 is 2.77 bits per heavy atom. The molecule has 3 rings (SSSR count). The minimum absolute atomic E-state index is 0.102. The van der Waals surface area contributed by atoms with E-state index in [9.17, 15) is 4.79 Å². The van der Waals surface area contributed by atoms with Crippen molar-refractivity contribution in [1.82, 2.24) is 15.3 Å². The van der Waals surface area contributed by atoms with Crippen LogP contribution in [0, 0.1) is 13.8 Å². The minimum atomic E-state index is -0.102. The van der Waals surface area contributed by atoms with E-state index in [2.05, 4.69) is 47.3 Å². The molecule has 0 fully saturated rings. The maximum Gasteiger partial charge on any atom is 0.254 e. The van der Waals surface area contributed by atoms with Crippen molar-refractivity contribution >= 4 is 17.7 Å².